The zero-order valence-corrected chi connectivity index (χ0v) is 9.21. The van der Waals surface area contributed by atoms with Gasteiger partial charge < -0.3 is 15.3 Å². The van der Waals surface area contributed by atoms with Gasteiger partial charge >= 0.3 is 0 Å². The molecule has 0 rings (SSSR count). The maximum absolute atomic E-state index is 9.57. The summed E-state index contributed by atoms with van der Waals surface area (Å²) < 4.78 is 0. The van der Waals surface area contributed by atoms with Crippen molar-refractivity contribution >= 4 is 0 Å². The van der Waals surface area contributed by atoms with Gasteiger partial charge in [-0.1, -0.05) is 13.8 Å². The first-order valence-corrected chi connectivity index (χ1v) is 5.28. The molecule has 0 aliphatic heterocycles. The van der Waals surface area contributed by atoms with E-state index in [9.17, 15) is 5.11 Å². The van der Waals surface area contributed by atoms with Crippen molar-refractivity contribution < 1.29 is 5.11 Å². The molecule has 80 valence electrons. The molecule has 0 radical (unpaired) electrons. The van der Waals surface area contributed by atoms with E-state index >= 15 is 0 Å². The van der Waals surface area contributed by atoms with Crippen molar-refractivity contribution in [3.63, 3.8) is 0 Å². The Bertz CT molecular complexity index is 109. The van der Waals surface area contributed by atoms with Crippen LogP contribution >= 0.6 is 0 Å². The molecule has 0 aliphatic carbocycles. The van der Waals surface area contributed by atoms with E-state index in [1.54, 1.807) is 0 Å². The highest BCUT2D eigenvalue weighted by molar-refractivity contribution is 4.63. The molecule has 0 aliphatic rings. The lowest BCUT2D eigenvalue weighted by atomic mass is 10.3. The SMILES string of the molecule is CCCNCC(O)CN(C)CCC. The predicted octanol–water partition coefficient (Wildman–Crippen LogP) is 0.689. The fraction of sp³-hybridized carbons (Fsp3) is 1.00. The quantitative estimate of drug-likeness (QED) is 0.550. The Hall–Kier alpha value is -0.120. The summed E-state index contributed by atoms with van der Waals surface area (Å²) in [5.41, 5.74) is 0. The van der Waals surface area contributed by atoms with E-state index in [4.69, 9.17) is 0 Å². The van der Waals surface area contributed by atoms with Crippen LogP contribution in [0.2, 0.25) is 0 Å². The summed E-state index contributed by atoms with van der Waals surface area (Å²) in [5, 5.41) is 12.8. The highest BCUT2D eigenvalue weighted by Crippen LogP contribution is 1.90. The minimum atomic E-state index is -0.233. The molecule has 13 heavy (non-hydrogen) atoms. The molecule has 3 nitrogen and oxygen atoms in total. The zero-order chi connectivity index (χ0) is 10.1. The number of aliphatic hydroxyl groups excluding tert-OH is 1. The van der Waals surface area contributed by atoms with Gasteiger partial charge in [-0.05, 0) is 33.0 Å². The van der Waals surface area contributed by atoms with E-state index in [2.05, 4.69) is 24.1 Å². The molecule has 0 amide bonds. The van der Waals surface area contributed by atoms with Crippen molar-refractivity contribution in [2.45, 2.75) is 32.8 Å². The molecule has 0 saturated carbocycles. The normalized spacial score (nSPS) is 13.6. The monoisotopic (exact) mass is 188 g/mol. The highest BCUT2D eigenvalue weighted by atomic mass is 16.3. The van der Waals surface area contributed by atoms with Crippen molar-refractivity contribution in [1.82, 2.24) is 10.2 Å². The van der Waals surface area contributed by atoms with Crippen LogP contribution in [0.15, 0.2) is 0 Å². The Morgan fingerprint density at radius 3 is 2.54 bits per heavy atom. The molecule has 0 aromatic heterocycles. The molecule has 1 unspecified atom stereocenters. The number of nitrogens with zero attached hydrogens (tertiary/aromatic N) is 1. The number of hydrogen-bond donors (Lipinski definition) is 2. The highest BCUT2D eigenvalue weighted by Gasteiger charge is 2.05. The second kappa shape index (κ2) is 8.48. The maximum Gasteiger partial charge on any atom is 0.0791 e. The minimum Gasteiger partial charge on any atom is -0.390 e. The maximum atomic E-state index is 9.57. The van der Waals surface area contributed by atoms with Crippen molar-refractivity contribution in [2.24, 2.45) is 0 Å². The van der Waals surface area contributed by atoms with Gasteiger partial charge in [0.15, 0.2) is 0 Å². The average molecular weight is 188 g/mol. The summed E-state index contributed by atoms with van der Waals surface area (Å²) >= 11 is 0. The third-order valence-electron chi connectivity index (χ3n) is 1.93. The largest absolute Gasteiger partial charge is 0.390 e. The molecule has 0 aromatic carbocycles. The van der Waals surface area contributed by atoms with E-state index in [1.807, 2.05) is 7.05 Å². The van der Waals surface area contributed by atoms with Crippen LogP contribution in [-0.4, -0.2) is 49.3 Å². The van der Waals surface area contributed by atoms with Crippen LogP contribution in [0.1, 0.15) is 26.7 Å². The molecule has 1 atom stereocenters. The molecule has 0 aromatic rings. The lowest BCUT2D eigenvalue weighted by Gasteiger charge is -2.19. The van der Waals surface area contributed by atoms with E-state index in [1.165, 1.54) is 0 Å². The number of rotatable bonds is 8. The van der Waals surface area contributed by atoms with Gasteiger partial charge in [-0.2, -0.15) is 0 Å². The Balaban J connectivity index is 3.32. The van der Waals surface area contributed by atoms with Crippen LogP contribution in [0.4, 0.5) is 0 Å². The van der Waals surface area contributed by atoms with Gasteiger partial charge in [0, 0.05) is 13.1 Å². The van der Waals surface area contributed by atoms with E-state index in [-0.39, 0.29) is 6.10 Å². The first-order chi connectivity index (χ1) is 6.20. The van der Waals surface area contributed by atoms with E-state index < -0.39 is 0 Å². The first-order valence-electron chi connectivity index (χ1n) is 5.28. The van der Waals surface area contributed by atoms with Gasteiger partial charge in [-0.3, -0.25) is 0 Å². The van der Waals surface area contributed by atoms with Crippen molar-refractivity contribution in [2.75, 3.05) is 33.2 Å². The van der Waals surface area contributed by atoms with E-state index in [0.717, 1.165) is 32.5 Å². The fourth-order valence-corrected chi connectivity index (χ4v) is 1.34. The summed E-state index contributed by atoms with van der Waals surface area (Å²) in [6, 6.07) is 0. The summed E-state index contributed by atoms with van der Waals surface area (Å²) in [6.07, 6.45) is 2.03. The van der Waals surface area contributed by atoms with Gasteiger partial charge in [-0.25, -0.2) is 0 Å². The van der Waals surface area contributed by atoms with Crippen LogP contribution in [-0.2, 0) is 0 Å². The Morgan fingerprint density at radius 1 is 1.31 bits per heavy atom. The molecule has 0 fully saturated rings. The topological polar surface area (TPSA) is 35.5 Å². The molecule has 3 heteroatoms. The Morgan fingerprint density at radius 2 is 2.00 bits per heavy atom. The first kappa shape index (κ1) is 12.9. The average Bonchev–Trinajstić information content (AvgIpc) is 2.05. The van der Waals surface area contributed by atoms with Gasteiger partial charge in [0.2, 0.25) is 0 Å². The molecule has 0 bridgehead atoms. The number of aliphatic hydroxyl groups is 1. The number of nitrogens with one attached hydrogen (secondary N) is 1. The second-order valence-corrected chi connectivity index (χ2v) is 3.62. The summed E-state index contributed by atoms with van der Waals surface area (Å²) in [5.74, 6) is 0. The molecule has 0 saturated heterocycles. The third-order valence-corrected chi connectivity index (χ3v) is 1.93. The lowest BCUT2D eigenvalue weighted by molar-refractivity contribution is 0.124. The van der Waals surface area contributed by atoms with Crippen LogP contribution in [0.25, 0.3) is 0 Å². The van der Waals surface area contributed by atoms with Crippen LogP contribution in [0, 0.1) is 0 Å². The minimum absolute atomic E-state index is 0.233. The smallest absolute Gasteiger partial charge is 0.0791 e. The standard InChI is InChI=1S/C10H24N2O/c1-4-6-11-8-10(13)9-12(3)7-5-2/h10-11,13H,4-9H2,1-3H3. The number of likely N-dealkylation sites (N-methyl/N-ethyl adjacent to an activating group) is 1. The Labute approximate surface area is 82.1 Å². The fourth-order valence-electron chi connectivity index (χ4n) is 1.34. The lowest BCUT2D eigenvalue weighted by Crippen LogP contribution is -2.37. The van der Waals surface area contributed by atoms with E-state index in [0.29, 0.717) is 6.54 Å². The predicted molar refractivity (Wildman–Crippen MR) is 57.0 cm³/mol. The third kappa shape index (κ3) is 8.22. The van der Waals surface area contributed by atoms with Gasteiger partial charge in [0.25, 0.3) is 0 Å². The Kier molecular flexibility index (Phi) is 8.40. The molecule has 0 spiro atoms. The summed E-state index contributed by atoms with van der Waals surface area (Å²) in [7, 11) is 2.05. The molecular weight excluding hydrogens is 164 g/mol. The van der Waals surface area contributed by atoms with Crippen LogP contribution < -0.4 is 5.32 Å². The summed E-state index contributed by atoms with van der Waals surface area (Å²) in [4.78, 5) is 2.16. The molecule has 2 N–H and O–H groups in total. The summed E-state index contributed by atoms with van der Waals surface area (Å²) in [6.45, 7) is 7.81. The molecular formula is C10H24N2O. The van der Waals surface area contributed by atoms with Gasteiger partial charge in [0.1, 0.15) is 0 Å². The van der Waals surface area contributed by atoms with Crippen LogP contribution in [0.5, 0.6) is 0 Å². The van der Waals surface area contributed by atoms with Crippen molar-refractivity contribution in [3.8, 4) is 0 Å². The number of hydrogen-bond acceptors (Lipinski definition) is 3. The van der Waals surface area contributed by atoms with Gasteiger partial charge in [0.05, 0.1) is 6.10 Å². The van der Waals surface area contributed by atoms with Crippen LogP contribution in [0.3, 0.4) is 0 Å². The van der Waals surface area contributed by atoms with Crippen molar-refractivity contribution in [1.29, 1.82) is 0 Å². The molecule has 0 heterocycles. The second-order valence-electron chi connectivity index (χ2n) is 3.62. The van der Waals surface area contributed by atoms with Crippen molar-refractivity contribution in [3.05, 3.63) is 0 Å². The zero-order valence-electron chi connectivity index (χ0n) is 9.21. The van der Waals surface area contributed by atoms with Gasteiger partial charge in [-0.15, -0.1) is 0 Å².